The third kappa shape index (κ3) is 2.48. The first-order valence-electron chi connectivity index (χ1n) is 3.99. The molecule has 0 N–H and O–H groups in total. The number of hydrogen-bond acceptors (Lipinski definition) is 4. The van der Waals surface area contributed by atoms with E-state index in [1.807, 2.05) is 0 Å². The highest BCUT2D eigenvalue weighted by Gasteiger charge is 2.27. The molecule has 1 aliphatic heterocycles. The third-order valence-corrected chi connectivity index (χ3v) is 2.52. The maximum Gasteiger partial charge on any atom is 0.345 e. The molecule has 0 spiro atoms. The Hall–Kier alpha value is -0.970. The molecule has 5 heteroatoms. The summed E-state index contributed by atoms with van der Waals surface area (Å²) in [5.74, 6) is -0.414. The average Bonchev–Trinajstić information content (AvgIpc) is 2.11. The van der Waals surface area contributed by atoms with Crippen molar-refractivity contribution in [2.75, 3.05) is 13.2 Å². The highest BCUT2D eigenvalue weighted by Crippen LogP contribution is 2.26. The number of β-lactam (4-membered cyclic amide) rings is 1. The van der Waals surface area contributed by atoms with Gasteiger partial charge in [-0.1, -0.05) is 6.58 Å². The Morgan fingerprint density at radius 3 is 2.85 bits per heavy atom. The van der Waals surface area contributed by atoms with Crippen LogP contribution in [-0.2, 0) is 14.3 Å². The summed E-state index contributed by atoms with van der Waals surface area (Å²) in [6, 6.07) is 0. The Balaban J connectivity index is 2.32. The number of rotatable bonds is 4. The number of esters is 1. The molecule has 1 aliphatic rings. The van der Waals surface area contributed by atoms with Crippen molar-refractivity contribution < 1.29 is 14.3 Å². The molecule has 72 valence electrons. The van der Waals surface area contributed by atoms with Crippen molar-refractivity contribution in [2.24, 2.45) is 0 Å². The molecule has 0 radical (unpaired) electrons. The summed E-state index contributed by atoms with van der Waals surface area (Å²) in [5, 5.41) is 0. The molecule has 0 aliphatic carbocycles. The lowest BCUT2D eigenvalue weighted by Gasteiger charge is -2.28. The SMILES string of the molecule is C=C(SN1CCC1=O)C(=O)OCC. The predicted octanol–water partition coefficient (Wildman–Crippen LogP) is 0.944. The molecule has 4 nitrogen and oxygen atoms in total. The van der Waals surface area contributed by atoms with Crippen LogP contribution in [-0.4, -0.2) is 29.3 Å². The van der Waals surface area contributed by atoms with Crippen LogP contribution < -0.4 is 0 Å². The van der Waals surface area contributed by atoms with Crippen LogP contribution in [0.2, 0.25) is 0 Å². The predicted molar refractivity (Wildman–Crippen MR) is 49.7 cm³/mol. The Kier molecular flexibility index (Phi) is 3.36. The lowest BCUT2D eigenvalue weighted by Crippen LogP contribution is -2.38. The number of nitrogens with zero attached hydrogens (tertiary/aromatic N) is 1. The largest absolute Gasteiger partial charge is 0.462 e. The zero-order valence-electron chi connectivity index (χ0n) is 7.41. The first-order valence-corrected chi connectivity index (χ1v) is 4.77. The van der Waals surface area contributed by atoms with Gasteiger partial charge in [-0.05, 0) is 18.9 Å². The lowest BCUT2D eigenvalue weighted by atomic mass is 10.3. The third-order valence-electron chi connectivity index (χ3n) is 1.53. The van der Waals surface area contributed by atoms with Gasteiger partial charge in [-0.15, -0.1) is 0 Å². The minimum atomic E-state index is -0.452. The molecular formula is C8H11NO3S. The van der Waals surface area contributed by atoms with E-state index in [1.165, 1.54) is 4.31 Å². The molecule has 0 unspecified atom stereocenters. The maximum atomic E-state index is 11.0. The summed E-state index contributed by atoms with van der Waals surface area (Å²) < 4.78 is 6.21. The van der Waals surface area contributed by atoms with Gasteiger partial charge in [0.25, 0.3) is 0 Å². The molecule has 0 bridgehead atoms. The minimum absolute atomic E-state index is 0.0375. The van der Waals surface area contributed by atoms with Crippen LogP contribution >= 0.6 is 11.9 Å². The first-order chi connectivity index (χ1) is 6.15. The number of ether oxygens (including phenoxy) is 1. The molecule has 1 fully saturated rings. The minimum Gasteiger partial charge on any atom is -0.462 e. The summed E-state index contributed by atoms with van der Waals surface area (Å²) in [7, 11) is 0. The molecule has 0 aromatic carbocycles. The van der Waals surface area contributed by atoms with Crippen LogP contribution in [0.5, 0.6) is 0 Å². The number of carbonyl (C=O) groups excluding carboxylic acids is 2. The van der Waals surface area contributed by atoms with Gasteiger partial charge >= 0.3 is 5.97 Å². The van der Waals surface area contributed by atoms with Crippen LogP contribution in [0.15, 0.2) is 11.5 Å². The van der Waals surface area contributed by atoms with Crippen molar-refractivity contribution in [3.8, 4) is 0 Å². The van der Waals surface area contributed by atoms with Crippen LogP contribution in [0.4, 0.5) is 0 Å². The smallest absolute Gasteiger partial charge is 0.345 e. The second-order valence-electron chi connectivity index (χ2n) is 2.48. The van der Waals surface area contributed by atoms with Gasteiger partial charge in [0.2, 0.25) is 5.91 Å². The Labute approximate surface area is 81.1 Å². The number of hydrogen-bond donors (Lipinski definition) is 0. The van der Waals surface area contributed by atoms with Crippen molar-refractivity contribution in [3.05, 3.63) is 11.5 Å². The monoisotopic (exact) mass is 201 g/mol. The van der Waals surface area contributed by atoms with E-state index < -0.39 is 5.97 Å². The van der Waals surface area contributed by atoms with Crippen LogP contribution in [0, 0.1) is 0 Å². The zero-order valence-corrected chi connectivity index (χ0v) is 8.23. The van der Waals surface area contributed by atoms with E-state index in [2.05, 4.69) is 6.58 Å². The fourth-order valence-electron chi connectivity index (χ4n) is 0.773. The summed E-state index contributed by atoms with van der Waals surface area (Å²) in [5.41, 5.74) is 0. The summed E-state index contributed by atoms with van der Waals surface area (Å²) in [6.45, 7) is 6.26. The van der Waals surface area contributed by atoms with Crippen LogP contribution in [0.1, 0.15) is 13.3 Å². The first kappa shape index (κ1) is 10.1. The van der Waals surface area contributed by atoms with Gasteiger partial charge in [-0.3, -0.25) is 9.10 Å². The summed E-state index contributed by atoms with van der Waals surface area (Å²) >= 11 is 1.06. The van der Waals surface area contributed by atoms with E-state index in [0.717, 1.165) is 11.9 Å². The molecule has 0 atom stereocenters. The Morgan fingerprint density at radius 2 is 2.46 bits per heavy atom. The summed E-state index contributed by atoms with van der Waals surface area (Å²) in [6.07, 6.45) is 0.559. The van der Waals surface area contributed by atoms with Crippen LogP contribution in [0.3, 0.4) is 0 Å². The van der Waals surface area contributed by atoms with E-state index in [-0.39, 0.29) is 10.8 Å². The van der Waals surface area contributed by atoms with Crippen molar-refractivity contribution in [1.82, 2.24) is 4.31 Å². The molecular weight excluding hydrogens is 190 g/mol. The molecule has 1 saturated heterocycles. The van der Waals surface area contributed by atoms with Crippen LogP contribution in [0.25, 0.3) is 0 Å². The average molecular weight is 201 g/mol. The van der Waals surface area contributed by atoms with E-state index in [0.29, 0.717) is 19.6 Å². The quantitative estimate of drug-likeness (QED) is 0.294. The van der Waals surface area contributed by atoms with Crippen molar-refractivity contribution in [2.45, 2.75) is 13.3 Å². The van der Waals surface area contributed by atoms with Crippen molar-refractivity contribution in [3.63, 3.8) is 0 Å². The number of amides is 1. The summed E-state index contributed by atoms with van der Waals surface area (Å²) in [4.78, 5) is 22.2. The second kappa shape index (κ2) is 4.32. The molecule has 1 amide bonds. The fraction of sp³-hybridized carbons (Fsp3) is 0.500. The highest BCUT2D eigenvalue weighted by molar-refractivity contribution is 8.02. The molecule has 13 heavy (non-hydrogen) atoms. The molecule has 1 heterocycles. The second-order valence-corrected chi connectivity index (χ2v) is 3.60. The zero-order chi connectivity index (χ0) is 9.84. The van der Waals surface area contributed by atoms with E-state index in [4.69, 9.17) is 4.74 Å². The van der Waals surface area contributed by atoms with Gasteiger partial charge in [0.15, 0.2) is 0 Å². The van der Waals surface area contributed by atoms with Gasteiger partial charge in [0, 0.05) is 13.0 Å². The van der Waals surface area contributed by atoms with Gasteiger partial charge in [0.1, 0.15) is 4.91 Å². The van der Waals surface area contributed by atoms with E-state index in [9.17, 15) is 9.59 Å². The van der Waals surface area contributed by atoms with E-state index in [1.54, 1.807) is 6.92 Å². The molecule has 0 aromatic heterocycles. The standard InChI is InChI=1S/C8H11NO3S/c1-3-12-8(11)6(2)13-9-5-4-7(9)10/h2-5H2,1H3. The van der Waals surface area contributed by atoms with Gasteiger partial charge in [-0.2, -0.15) is 0 Å². The fourth-order valence-corrected chi connectivity index (χ4v) is 1.55. The molecule has 0 saturated carbocycles. The van der Waals surface area contributed by atoms with E-state index >= 15 is 0 Å². The normalized spacial score (nSPS) is 15.2. The van der Waals surface area contributed by atoms with Crippen molar-refractivity contribution in [1.29, 1.82) is 0 Å². The van der Waals surface area contributed by atoms with Crippen molar-refractivity contribution >= 4 is 23.8 Å². The van der Waals surface area contributed by atoms with Gasteiger partial charge in [0.05, 0.1) is 6.61 Å². The highest BCUT2D eigenvalue weighted by atomic mass is 32.2. The maximum absolute atomic E-state index is 11.0. The van der Waals surface area contributed by atoms with Gasteiger partial charge < -0.3 is 4.74 Å². The molecule has 0 aromatic rings. The lowest BCUT2D eigenvalue weighted by molar-refractivity contribution is -0.137. The Bertz CT molecular complexity index is 252. The molecule has 1 rings (SSSR count). The number of carbonyl (C=O) groups is 2. The topological polar surface area (TPSA) is 46.6 Å². The van der Waals surface area contributed by atoms with Gasteiger partial charge in [-0.25, -0.2) is 4.79 Å². The Morgan fingerprint density at radius 1 is 1.77 bits per heavy atom.